The third kappa shape index (κ3) is 5.21. The predicted molar refractivity (Wildman–Crippen MR) is 145 cm³/mol. The van der Waals surface area contributed by atoms with E-state index in [1.165, 1.54) is 11.3 Å². The van der Waals surface area contributed by atoms with Crippen LogP contribution < -0.4 is 5.32 Å². The number of aromatic nitrogens is 2. The number of hydrogen-bond acceptors (Lipinski definition) is 7. The molecule has 2 fully saturated rings. The SMILES string of the molecule is O=C(O)c1ccc2nc(N[C@H]3CC[C@@H](OCc4c(-c5c(Cl)cccc5Cl)noc4C4CC4)CC3)sc2c1. The molecule has 0 unspecified atom stereocenters. The summed E-state index contributed by atoms with van der Waals surface area (Å²) in [6, 6.07) is 10.8. The van der Waals surface area contributed by atoms with Crippen molar-refractivity contribution < 1.29 is 19.2 Å². The number of hydrogen-bond donors (Lipinski definition) is 2. The molecule has 0 atom stereocenters. The average molecular weight is 558 g/mol. The molecule has 2 aliphatic carbocycles. The molecule has 4 aromatic rings. The van der Waals surface area contributed by atoms with Crippen LogP contribution in [0.1, 0.15) is 66.1 Å². The van der Waals surface area contributed by atoms with Gasteiger partial charge < -0.3 is 19.7 Å². The highest BCUT2D eigenvalue weighted by Crippen LogP contribution is 2.46. The summed E-state index contributed by atoms with van der Waals surface area (Å²) in [5.74, 6) is 0.352. The molecule has 6 rings (SSSR count). The number of aromatic carboxylic acids is 1. The monoisotopic (exact) mass is 557 g/mol. The maximum absolute atomic E-state index is 11.2. The van der Waals surface area contributed by atoms with E-state index in [1.54, 1.807) is 18.2 Å². The van der Waals surface area contributed by atoms with Crippen molar-refractivity contribution >= 4 is 55.9 Å². The number of halogens is 2. The molecule has 0 amide bonds. The van der Waals surface area contributed by atoms with E-state index in [-0.39, 0.29) is 11.7 Å². The summed E-state index contributed by atoms with van der Waals surface area (Å²) < 4.78 is 13.0. The standard InChI is InChI=1S/C27H25Cl2N3O4S/c28-19-2-1-3-20(29)23(19)24-18(25(36-32-24)14-4-5-14)13-35-17-9-7-16(8-10-17)30-27-31-21-11-6-15(26(33)34)12-22(21)37-27/h1-3,6,11-12,14,16-17H,4-5,7-10,13H2,(H,30,31)(H,33,34)/t16-,17+. The highest BCUT2D eigenvalue weighted by Gasteiger charge is 2.34. The average Bonchev–Trinajstić information content (AvgIpc) is 3.52. The van der Waals surface area contributed by atoms with E-state index in [2.05, 4.69) is 15.5 Å². The van der Waals surface area contributed by atoms with Gasteiger partial charge in [-0.2, -0.15) is 0 Å². The molecule has 2 aromatic heterocycles. The number of benzene rings is 2. The Kier molecular flexibility index (Phi) is 6.84. The van der Waals surface area contributed by atoms with E-state index in [0.717, 1.165) is 65.2 Å². The van der Waals surface area contributed by atoms with Crippen LogP contribution in [0.15, 0.2) is 40.9 Å². The summed E-state index contributed by atoms with van der Waals surface area (Å²) in [6.07, 6.45) is 6.11. The molecule has 0 radical (unpaired) electrons. The molecule has 0 bridgehead atoms. The van der Waals surface area contributed by atoms with Gasteiger partial charge in [0.2, 0.25) is 0 Å². The minimum absolute atomic E-state index is 0.142. The van der Waals surface area contributed by atoms with Crippen LogP contribution in [0.3, 0.4) is 0 Å². The minimum Gasteiger partial charge on any atom is -0.478 e. The molecule has 2 N–H and O–H groups in total. The van der Waals surface area contributed by atoms with Gasteiger partial charge >= 0.3 is 5.97 Å². The first-order chi connectivity index (χ1) is 18.0. The Morgan fingerprint density at radius 3 is 2.57 bits per heavy atom. The van der Waals surface area contributed by atoms with Gasteiger partial charge in [0.15, 0.2) is 5.13 Å². The molecule has 2 aliphatic rings. The van der Waals surface area contributed by atoms with Gasteiger partial charge in [-0.15, -0.1) is 0 Å². The molecule has 0 aliphatic heterocycles. The van der Waals surface area contributed by atoms with E-state index < -0.39 is 5.97 Å². The Labute approximate surface area is 227 Å². The first-order valence-electron chi connectivity index (χ1n) is 12.4. The molecule has 192 valence electrons. The van der Waals surface area contributed by atoms with Gasteiger partial charge in [0, 0.05) is 23.1 Å². The fourth-order valence-electron chi connectivity index (χ4n) is 4.92. The summed E-state index contributed by atoms with van der Waals surface area (Å²) in [4.78, 5) is 15.9. The summed E-state index contributed by atoms with van der Waals surface area (Å²) in [5, 5.41) is 19.0. The number of ether oxygens (including phenoxy) is 1. The highest BCUT2D eigenvalue weighted by molar-refractivity contribution is 7.22. The van der Waals surface area contributed by atoms with Crippen LogP contribution in [-0.4, -0.2) is 33.4 Å². The lowest BCUT2D eigenvalue weighted by Gasteiger charge is -2.29. The van der Waals surface area contributed by atoms with Gasteiger partial charge in [-0.25, -0.2) is 9.78 Å². The number of carbonyl (C=O) groups is 1. The van der Waals surface area contributed by atoms with Gasteiger partial charge in [-0.3, -0.25) is 0 Å². The third-order valence-corrected chi connectivity index (χ3v) is 8.65. The fraction of sp³-hybridized carbons (Fsp3) is 0.370. The number of carboxylic acid groups (broad SMARTS) is 1. The molecule has 2 heterocycles. The second kappa shape index (κ2) is 10.3. The molecular weight excluding hydrogens is 533 g/mol. The normalized spacial score (nSPS) is 19.8. The Morgan fingerprint density at radius 2 is 1.86 bits per heavy atom. The lowest BCUT2D eigenvalue weighted by Crippen LogP contribution is -2.29. The lowest BCUT2D eigenvalue weighted by molar-refractivity contribution is 0.0145. The largest absolute Gasteiger partial charge is 0.478 e. The summed E-state index contributed by atoms with van der Waals surface area (Å²) in [7, 11) is 0. The Balaban J connectivity index is 1.09. The zero-order valence-corrected chi connectivity index (χ0v) is 22.2. The smallest absolute Gasteiger partial charge is 0.335 e. The van der Waals surface area contributed by atoms with Crippen molar-refractivity contribution in [3.8, 4) is 11.3 Å². The third-order valence-electron chi connectivity index (χ3n) is 7.07. The molecule has 0 saturated heterocycles. The van der Waals surface area contributed by atoms with Crippen molar-refractivity contribution in [1.29, 1.82) is 0 Å². The van der Waals surface area contributed by atoms with Gasteiger partial charge in [-0.1, -0.05) is 45.8 Å². The number of nitrogens with zero attached hydrogens (tertiary/aromatic N) is 2. The van der Waals surface area contributed by atoms with Crippen LogP contribution in [0.4, 0.5) is 5.13 Å². The van der Waals surface area contributed by atoms with Crippen LogP contribution in [-0.2, 0) is 11.3 Å². The van der Waals surface area contributed by atoms with Crippen molar-refractivity contribution in [2.24, 2.45) is 0 Å². The molecule has 10 heteroatoms. The van der Waals surface area contributed by atoms with E-state index in [0.29, 0.717) is 39.9 Å². The van der Waals surface area contributed by atoms with Crippen molar-refractivity contribution in [2.75, 3.05) is 5.32 Å². The van der Waals surface area contributed by atoms with Gasteiger partial charge in [-0.05, 0) is 68.9 Å². The van der Waals surface area contributed by atoms with Crippen LogP contribution in [0.5, 0.6) is 0 Å². The second-order valence-electron chi connectivity index (χ2n) is 9.68. The maximum Gasteiger partial charge on any atom is 0.335 e. The number of carboxylic acids is 1. The van der Waals surface area contributed by atoms with E-state index in [4.69, 9.17) is 32.5 Å². The lowest BCUT2D eigenvalue weighted by atomic mass is 9.93. The first kappa shape index (κ1) is 24.7. The van der Waals surface area contributed by atoms with Crippen molar-refractivity contribution in [3.05, 3.63) is 63.3 Å². The number of fused-ring (bicyclic) bond motifs is 1. The summed E-state index contributed by atoms with van der Waals surface area (Å²) in [6.45, 7) is 0.415. The van der Waals surface area contributed by atoms with E-state index in [9.17, 15) is 9.90 Å². The Morgan fingerprint density at radius 1 is 1.11 bits per heavy atom. The summed E-state index contributed by atoms with van der Waals surface area (Å²) >= 11 is 14.4. The quantitative estimate of drug-likeness (QED) is 0.228. The van der Waals surface area contributed by atoms with Crippen LogP contribution in [0.2, 0.25) is 10.0 Å². The topological polar surface area (TPSA) is 97.5 Å². The number of rotatable bonds is 8. The Hall–Kier alpha value is -2.65. The molecule has 7 nitrogen and oxygen atoms in total. The fourth-order valence-corrected chi connectivity index (χ4v) is 6.48. The highest BCUT2D eigenvalue weighted by atomic mass is 35.5. The molecule has 2 aromatic carbocycles. The van der Waals surface area contributed by atoms with Crippen molar-refractivity contribution in [2.45, 2.75) is 63.2 Å². The summed E-state index contributed by atoms with van der Waals surface area (Å²) in [5.41, 5.74) is 3.41. The van der Waals surface area contributed by atoms with Crippen molar-refractivity contribution in [1.82, 2.24) is 10.1 Å². The van der Waals surface area contributed by atoms with Crippen LogP contribution in [0.25, 0.3) is 21.5 Å². The number of thiazole rings is 1. The zero-order valence-electron chi connectivity index (χ0n) is 19.9. The van der Waals surface area contributed by atoms with Gasteiger partial charge in [0.05, 0.1) is 38.5 Å². The van der Waals surface area contributed by atoms with Crippen LogP contribution in [0, 0.1) is 0 Å². The van der Waals surface area contributed by atoms with E-state index >= 15 is 0 Å². The van der Waals surface area contributed by atoms with Gasteiger partial charge in [0.25, 0.3) is 0 Å². The van der Waals surface area contributed by atoms with Gasteiger partial charge in [0.1, 0.15) is 11.5 Å². The first-order valence-corrected chi connectivity index (χ1v) is 14.0. The minimum atomic E-state index is -0.930. The predicted octanol–water partition coefficient (Wildman–Crippen LogP) is 7.77. The molecule has 2 saturated carbocycles. The van der Waals surface area contributed by atoms with E-state index in [1.807, 2.05) is 18.2 Å². The maximum atomic E-state index is 11.2. The second-order valence-corrected chi connectivity index (χ2v) is 11.5. The number of anilines is 1. The van der Waals surface area contributed by atoms with Crippen LogP contribution >= 0.6 is 34.5 Å². The zero-order chi connectivity index (χ0) is 25.5. The molecular formula is C27H25Cl2N3O4S. The molecule has 37 heavy (non-hydrogen) atoms. The Bertz CT molecular complexity index is 1440. The molecule has 0 spiro atoms. The number of nitrogens with one attached hydrogen (secondary N) is 1. The van der Waals surface area contributed by atoms with Crippen molar-refractivity contribution in [3.63, 3.8) is 0 Å².